The van der Waals surface area contributed by atoms with Crippen LogP contribution in [0.3, 0.4) is 0 Å². The minimum Gasteiger partial charge on any atom is -0.349 e. The second-order valence-corrected chi connectivity index (χ2v) is 4.48. The van der Waals surface area contributed by atoms with Gasteiger partial charge in [-0.05, 0) is 24.3 Å². The summed E-state index contributed by atoms with van der Waals surface area (Å²) in [4.78, 5) is 11.1. The van der Waals surface area contributed by atoms with Crippen molar-refractivity contribution < 1.29 is 4.79 Å². The molecule has 0 aliphatic rings. The number of thioether (sulfide) groups is 1. The number of hydrogen-bond acceptors (Lipinski definition) is 2. The summed E-state index contributed by atoms with van der Waals surface area (Å²) in [6, 6.07) is 8.30. The van der Waals surface area contributed by atoms with Crippen molar-refractivity contribution in [2.45, 2.75) is 19.9 Å². The highest BCUT2D eigenvalue weighted by molar-refractivity contribution is 7.98. The third-order valence-corrected chi connectivity index (χ3v) is 2.94. The van der Waals surface area contributed by atoms with Gasteiger partial charge in [0.25, 0.3) is 0 Å². The Morgan fingerprint density at radius 3 is 2.67 bits per heavy atom. The summed E-state index contributed by atoms with van der Waals surface area (Å²) < 4.78 is 0. The zero-order valence-corrected chi connectivity index (χ0v) is 10.2. The molecule has 0 aromatic heterocycles. The summed E-state index contributed by atoms with van der Waals surface area (Å²) in [5, 5.41) is 2.98. The van der Waals surface area contributed by atoms with E-state index in [-0.39, 0.29) is 11.9 Å². The number of hydrogen-bond donors (Lipinski definition) is 1. The zero-order valence-electron chi connectivity index (χ0n) is 9.41. The molecule has 0 aliphatic carbocycles. The summed E-state index contributed by atoms with van der Waals surface area (Å²) in [6.45, 7) is 3.63. The molecule has 0 bridgehead atoms. The lowest BCUT2D eigenvalue weighted by Gasteiger charge is -2.19. The molecule has 82 valence electrons. The minimum absolute atomic E-state index is 0.0253. The first kappa shape index (κ1) is 12.1. The number of aryl methyl sites for hydroxylation is 1. The van der Waals surface area contributed by atoms with Crippen molar-refractivity contribution in [3.05, 3.63) is 35.4 Å². The Morgan fingerprint density at radius 2 is 2.13 bits per heavy atom. The lowest BCUT2D eigenvalue weighted by Crippen LogP contribution is -2.28. The highest BCUT2D eigenvalue weighted by Gasteiger charge is 2.13. The van der Waals surface area contributed by atoms with Crippen molar-refractivity contribution >= 4 is 17.7 Å². The first-order chi connectivity index (χ1) is 7.15. The van der Waals surface area contributed by atoms with Gasteiger partial charge in [0.15, 0.2) is 0 Å². The van der Waals surface area contributed by atoms with Gasteiger partial charge in [0.05, 0.1) is 6.04 Å². The Labute approximate surface area is 95.5 Å². The van der Waals surface area contributed by atoms with E-state index in [0.717, 1.165) is 5.75 Å². The number of nitrogens with one attached hydrogen (secondary N) is 1. The molecule has 1 atom stereocenters. The van der Waals surface area contributed by atoms with Crippen LogP contribution in [0.2, 0.25) is 0 Å². The standard InChI is InChI=1S/C12H17NOS/c1-9-6-4-5-7-11(9)12(8-15-3)13-10(2)14/h4-7,12H,8H2,1-3H3,(H,13,14)/t12-/m1/s1. The monoisotopic (exact) mass is 223 g/mol. The van der Waals surface area contributed by atoms with Crippen molar-refractivity contribution in [1.29, 1.82) is 0 Å². The van der Waals surface area contributed by atoms with Crippen LogP contribution >= 0.6 is 11.8 Å². The third kappa shape index (κ3) is 3.59. The number of carbonyl (C=O) groups excluding carboxylic acids is 1. The summed E-state index contributed by atoms with van der Waals surface area (Å²) >= 11 is 1.74. The van der Waals surface area contributed by atoms with Gasteiger partial charge in [-0.1, -0.05) is 24.3 Å². The molecule has 0 saturated heterocycles. The Bertz CT molecular complexity index is 338. The lowest BCUT2D eigenvalue weighted by molar-refractivity contribution is -0.119. The smallest absolute Gasteiger partial charge is 0.217 e. The van der Waals surface area contributed by atoms with E-state index in [1.807, 2.05) is 18.4 Å². The maximum Gasteiger partial charge on any atom is 0.217 e. The second-order valence-electron chi connectivity index (χ2n) is 3.57. The molecule has 0 fully saturated rings. The largest absolute Gasteiger partial charge is 0.349 e. The van der Waals surface area contributed by atoms with Crippen molar-refractivity contribution in [2.24, 2.45) is 0 Å². The maximum atomic E-state index is 11.1. The van der Waals surface area contributed by atoms with Crippen LogP contribution in [0.5, 0.6) is 0 Å². The van der Waals surface area contributed by atoms with Gasteiger partial charge in [-0.2, -0.15) is 11.8 Å². The molecule has 3 heteroatoms. The van der Waals surface area contributed by atoms with E-state index in [2.05, 4.69) is 24.4 Å². The van der Waals surface area contributed by atoms with E-state index in [9.17, 15) is 4.79 Å². The van der Waals surface area contributed by atoms with Crippen LogP contribution in [-0.4, -0.2) is 17.9 Å². The highest BCUT2D eigenvalue weighted by atomic mass is 32.2. The Balaban J connectivity index is 2.88. The average Bonchev–Trinajstić information content (AvgIpc) is 2.17. The molecular formula is C12H17NOS. The predicted octanol–water partition coefficient (Wildman–Crippen LogP) is 2.54. The molecule has 0 radical (unpaired) electrons. The third-order valence-electron chi connectivity index (χ3n) is 2.27. The minimum atomic E-state index is 0.0253. The van der Waals surface area contributed by atoms with Gasteiger partial charge in [-0.3, -0.25) is 4.79 Å². The van der Waals surface area contributed by atoms with E-state index in [0.29, 0.717) is 0 Å². The first-order valence-electron chi connectivity index (χ1n) is 4.96. The summed E-state index contributed by atoms with van der Waals surface area (Å²) in [6.07, 6.45) is 2.05. The van der Waals surface area contributed by atoms with Crippen LogP contribution in [0.4, 0.5) is 0 Å². The van der Waals surface area contributed by atoms with E-state index in [1.54, 1.807) is 18.7 Å². The Hall–Kier alpha value is -0.960. The fourth-order valence-electron chi connectivity index (χ4n) is 1.60. The quantitative estimate of drug-likeness (QED) is 0.850. The van der Waals surface area contributed by atoms with E-state index in [4.69, 9.17) is 0 Å². The van der Waals surface area contributed by atoms with Gasteiger partial charge in [-0.15, -0.1) is 0 Å². The van der Waals surface area contributed by atoms with Gasteiger partial charge < -0.3 is 5.32 Å². The summed E-state index contributed by atoms with van der Waals surface area (Å²) in [7, 11) is 0. The molecule has 0 heterocycles. The SMILES string of the molecule is CSC[C@@H](NC(C)=O)c1ccccc1C. The van der Waals surface area contributed by atoms with Crippen LogP contribution in [0.25, 0.3) is 0 Å². The van der Waals surface area contributed by atoms with Crippen LogP contribution in [0.1, 0.15) is 24.1 Å². The van der Waals surface area contributed by atoms with Crippen molar-refractivity contribution in [1.82, 2.24) is 5.32 Å². The molecule has 0 unspecified atom stereocenters. The molecule has 2 nitrogen and oxygen atoms in total. The molecule has 0 saturated carbocycles. The van der Waals surface area contributed by atoms with Crippen LogP contribution in [0, 0.1) is 6.92 Å². The molecule has 1 aromatic rings. The van der Waals surface area contributed by atoms with Crippen LogP contribution in [0.15, 0.2) is 24.3 Å². The molecule has 1 N–H and O–H groups in total. The van der Waals surface area contributed by atoms with Gasteiger partial charge in [0.1, 0.15) is 0 Å². The average molecular weight is 223 g/mol. The van der Waals surface area contributed by atoms with E-state index in [1.165, 1.54) is 11.1 Å². The zero-order chi connectivity index (χ0) is 11.3. The fraction of sp³-hybridized carbons (Fsp3) is 0.417. The first-order valence-corrected chi connectivity index (χ1v) is 6.36. The summed E-state index contributed by atoms with van der Waals surface area (Å²) in [5.74, 6) is 0.932. The van der Waals surface area contributed by atoms with Crippen molar-refractivity contribution in [2.75, 3.05) is 12.0 Å². The number of rotatable bonds is 4. The van der Waals surface area contributed by atoms with Crippen LogP contribution < -0.4 is 5.32 Å². The van der Waals surface area contributed by atoms with Gasteiger partial charge >= 0.3 is 0 Å². The van der Waals surface area contributed by atoms with Crippen molar-refractivity contribution in [3.8, 4) is 0 Å². The van der Waals surface area contributed by atoms with E-state index >= 15 is 0 Å². The fourth-order valence-corrected chi connectivity index (χ4v) is 2.20. The molecule has 1 rings (SSSR count). The van der Waals surface area contributed by atoms with E-state index < -0.39 is 0 Å². The van der Waals surface area contributed by atoms with Crippen molar-refractivity contribution in [3.63, 3.8) is 0 Å². The highest BCUT2D eigenvalue weighted by Crippen LogP contribution is 2.20. The topological polar surface area (TPSA) is 29.1 Å². The molecular weight excluding hydrogens is 206 g/mol. The lowest BCUT2D eigenvalue weighted by atomic mass is 10.0. The molecule has 1 aromatic carbocycles. The molecule has 0 aliphatic heterocycles. The van der Waals surface area contributed by atoms with Gasteiger partial charge in [-0.25, -0.2) is 0 Å². The van der Waals surface area contributed by atoms with Gasteiger partial charge in [0.2, 0.25) is 5.91 Å². The van der Waals surface area contributed by atoms with Crippen LogP contribution in [-0.2, 0) is 4.79 Å². The second kappa shape index (κ2) is 5.81. The normalized spacial score (nSPS) is 12.2. The predicted molar refractivity (Wildman–Crippen MR) is 66.1 cm³/mol. The van der Waals surface area contributed by atoms with Gasteiger partial charge in [0, 0.05) is 12.7 Å². The maximum absolute atomic E-state index is 11.1. The number of amides is 1. The Kier molecular flexibility index (Phi) is 4.69. The molecule has 15 heavy (non-hydrogen) atoms. The molecule has 1 amide bonds. The number of carbonyl (C=O) groups is 1. The summed E-state index contributed by atoms with van der Waals surface area (Å²) in [5.41, 5.74) is 2.44. The number of benzene rings is 1. The Morgan fingerprint density at radius 1 is 1.47 bits per heavy atom. The molecule has 0 spiro atoms.